The van der Waals surface area contributed by atoms with Crippen LogP contribution in [-0.2, 0) is 9.53 Å². The summed E-state index contributed by atoms with van der Waals surface area (Å²) in [5.74, 6) is -0.394. The summed E-state index contributed by atoms with van der Waals surface area (Å²) in [6, 6.07) is 9.19. The standard InChI is InChI=1S/C20H21NO7/c1-12(22)21-15-7-5-6-13(8-15)20(24)28-11-16(23)14-9-17(25-2)19(27-4)18(10-14)26-3/h5-10H,11H2,1-4H3,(H,21,22). The molecule has 0 aliphatic carbocycles. The van der Waals surface area contributed by atoms with Crippen LogP contribution in [0, 0.1) is 0 Å². The molecule has 0 aromatic heterocycles. The van der Waals surface area contributed by atoms with Crippen LogP contribution in [0.15, 0.2) is 36.4 Å². The summed E-state index contributed by atoms with van der Waals surface area (Å²) in [5.41, 5.74) is 0.913. The van der Waals surface area contributed by atoms with Gasteiger partial charge in [0.2, 0.25) is 17.4 Å². The second kappa shape index (κ2) is 9.40. The first kappa shape index (κ1) is 20.8. The molecule has 0 fully saturated rings. The monoisotopic (exact) mass is 387 g/mol. The molecule has 8 nitrogen and oxygen atoms in total. The van der Waals surface area contributed by atoms with E-state index in [4.69, 9.17) is 18.9 Å². The van der Waals surface area contributed by atoms with E-state index in [1.807, 2.05) is 0 Å². The lowest BCUT2D eigenvalue weighted by molar-refractivity contribution is -0.114. The van der Waals surface area contributed by atoms with Crippen molar-refractivity contribution in [2.24, 2.45) is 0 Å². The Hall–Kier alpha value is -3.55. The number of hydrogen-bond donors (Lipinski definition) is 1. The fourth-order valence-electron chi connectivity index (χ4n) is 2.47. The number of ether oxygens (including phenoxy) is 4. The quantitative estimate of drug-likeness (QED) is 0.549. The smallest absolute Gasteiger partial charge is 0.338 e. The van der Waals surface area contributed by atoms with Gasteiger partial charge in [0.05, 0.1) is 26.9 Å². The van der Waals surface area contributed by atoms with Crippen LogP contribution in [0.1, 0.15) is 27.6 Å². The number of anilines is 1. The van der Waals surface area contributed by atoms with Gasteiger partial charge in [0.1, 0.15) is 0 Å². The van der Waals surface area contributed by atoms with Gasteiger partial charge in [0, 0.05) is 18.2 Å². The van der Waals surface area contributed by atoms with Gasteiger partial charge in [-0.3, -0.25) is 9.59 Å². The third-order valence-corrected chi connectivity index (χ3v) is 3.74. The largest absolute Gasteiger partial charge is 0.493 e. The average Bonchev–Trinajstić information content (AvgIpc) is 2.70. The Morgan fingerprint density at radius 2 is 1.54 bits per heavy atom. The second-order valence-corrected chi connectivity index (χ2v) is 5.68. The molecule has 0 saturated carbocycles. The molecule has 148 valence electrons. The molecule has 0 saturated heterocycles. The number of carbonyl (C=O) groups is 3. The summed E-state index contributed by atoms with van der Waals surface area (Å²) in [4.78, 5) is 35.8. The molecule has 8 heteroatoms. The SMILES string of the molecule is COc1cc(C(=O)COC(=O)c2cccc(NC(C)=O)c2)cc(OC)c1OC. The predicted molar refractivity (Wildman–Crippen MR) is 101 cm³/mol. The van der Waals surface area contributed by atoms with Gasteiger partial charge in [-0.1, -0.05) is 6.07 Å². The molecule has 0 heterocycles. The van der Waals surface area contributed by atoms with Crippen molar-refractivity contribution >= 4 is 23.3 Å². The van der Waals surface area contributed by atoms with Crippen molar-refractivity contribution in [1.29, 1.82) is 0 Å². The van der Waals surface area contributed by atoms with Crippen molar-refractivity contribution in [3.05, 3.63) is 47.5 Å². The molecule has 0 radical (unpaired) electrons. The van der Waals surface area contributed by atoms with Crippen LogP contribution in [-0.4, -0.2) is 45.6 Å². The maximum Gasteiger partial charge on any atom is 0.338 e. The summed E-state index contributed by atoms with van der Waals surface area (Å²) >= 11 is 0. The summed E-state index contributed by atoms with van der Waals surface area (Å²) in [5, 5.41) is 2.57. The first-order valence-electron chi connectivity index (χ1n) is 8.27. The van der Waals surface area contributed by atoms with Crippen LogP contribution in [0.3, 0.4) is 0 Å². The van der Waals surface area contributed by atoms with E-state index in [-0.39, 0.29) is 17.0 Å². The van der Waals surface area contributed by atoms with Crippen LogP contribution in [0.2, 0.25) is 0 Å². The number of Topliss-reactive ketones (excluding diaryl/α,β-unsaturated/α-hetero) is 1. The van der Waals surface area contributed by atoms with E-state index >= 15 is 0 Å². The molecule has 2 aromatic carbocycles. The lowest BCUT2D eigenvalue weighted by atomic mass is 10.1. The van der Waals surface area contributed by atoms with Gasteiger partial charge >= 0.3 is 5.97 Å². The molecular formula is C20H21NO7. The number of methoxy groups -OCH3 is 3. The normalized spacial score (nSPS) is 10.0. The molecule has 0 spiro atoms. The molecule has 1 N–H and O–H groups in total. The zero-order chi connectivity index (χ0) is 20.7. The molecule has 0 aliphatic rings. The van der Waals surface area contributed by atoms with E-state index < -0.39 is 18.4 Å². The Balaban J connectivity index is 2.11. The van der Waals surface area contributed by atoms with E-state index in [1.165, 1.54) is 52.5 Å². The van der Waals surface area contributed by atoms with E-state index in [2.05, 4.69) is 5.32 Å². The highest BCUT2D eigenvalue weighted by Crippen LogP contribution is 2.38. The van der Waals surface area contributed by atoms with Gasteiger partial charge in [-0.05, 0) is 30.3 Å². The van der Waals surface area contributed by atoms with E-state index in [0.29, 0.717) is 22.9 Å². The van der Waals surface area contributed by atoms with Crippen LogP contribution in [0.4, 0.5) is 5.69 Å². The van der Waals surface area contributed by atoms with Crippen molar-refractivity contribution in [1.82, 2.24) is 0 Å². The number of nitrogens with one attached hydrogen (secondary N) is 1. The van der Waals surface area contributed by atoms with Crippen LogP contribution in [0.25, 0.3) is 0 Å². The van der Waals surface area contributed by atoms with Crippen LogP contribution in [0.5, 0.6) is 17.2 Å². The van der Waals surface area contributed by atoms with Gasteiger partial charge in [-0.2, -0.15) is 0 Å². The minimum Gasteiger partial charge on any atom is -0.493 e. The van der Waals surface area contributed by atoms with Crippen LogP contribution < -0.4 is 19.5 Å². The van der Waals surface area contributed by atoms with Crippen molar-refractivity contribution in [2.45, 2.75) is 6.92 Å². The molecule has 2 rings (SSSR count). The summed E-state index contributed by atoms with van der Waals surface area (Å²) in [6.07, 6.45) is 0. The summed E-state index contributed by atoms with van der Waals surface area (Å²) in [7, 11) is 4.33. The van der Waals surface area contributed by atoms with Crippen molar-refractivity contribution in [3.8, 4) is 17.2 Å². The van der Waals surface area contributed by atoms with E-state index in [0.717, 1.165) is 0 Å². The fourth-order valence-corrected chi connectivity index (χ4v) is 2.47. The summed E-state index contributed by atoms with van der Waals surface area (Å²) < 4.78 is 20.7. The third-order valence-electron chi connectivity index (χ3n) is 3.74. The summed E-state index contributed by atoms with van der Waals surface area (Å²) in [6.45, 7) is 0.892. The zero-order valence-electron chi connectivity index (χ0n) is 16.0. The predicted octanol–water partition coefficient (Wildman–Crippen LogP) is 2.71. The molecule has 28 heavy (non-hydrogen) atoms. The average molecular weight is 387 g/mol. The maximum absolute atomic E-state index is 12.4. The first-order chi connectivity index (χ1) is 13.4. The molecule has 1 amide bonds. The number of hydrogen-bond acceptors (Lipinski definition) is 7. The number of amides is 1. The number of carbonyl (C=O) groups excluding carboxylic acids is 3. The highest BCUT2D eigenvalue weighted by molar-refractivity contribution is 6.00. The minimum absolute atomic E-state index is 0.212. The Morgan fingerprint density at radius 3 is 2.07 bits per heavy atom. The Bertz CT molecular complexity index is 867. The molecule has 0 unspecified atom stereocenters. The topological polar surface area (TPSA) is 100 Å². The molecular weight excluding hydrogens is 366 g/mol. The molecule has 0 aliphatic heterocycles. The fraction of sp³-hybridized carbons (Fsp3) is 0.250. The van der Waals surface area contributed by atoms with Gasteiger partial charge in [0.25, 0.3) is 0 Å². The Morgan fingerprint density at radius 1 is 0.893 bits per heavy atom. The second-order valence-electron chi connectivity index (χ2n) is 5.68. The number of benzene rings is 2. The number of esters is 1. The van der Waals surface area contributed by atoms with E-state index in [1.54, 1.807) is 12.1 Å². The van der Waals surface area contributed by atoms with Crippen molar-refractivity contribution < 1.29 is 33.3 Å². The van der Waals surface area contributed by atoms with Gasteiger partial charge in [-0.25, -0.2) is 4.79 Å². The zero-order valence-corrected chi connectivity index (χ0v) is 16.0. The Kier molecular flexibility index (Phi) is 6.97. The third kappa shape index (κ3) is 5.00. The van der Waals surface area contributed by atoms with Crippen LogP contribution >= 0.6 is 0 Å². The van der Waals surface area contributed by atoms with Gasteiger partial charge in [-0.15, -0.1) is 0 Å². The Labute approximate surface area is 162 Å². The number of ketones is 1. The molecule has 0 bridgehead atoms. The lowest BCUT2D eigenvalue weighted by Gasteiger charge is -2.13. The highest BCUT2D eigenvalue weighted by atomic mass is 16.5. The molecule has 0 atom stereocenters. The minimum atomic E-state index is -0.687. The van der Waals surface area contributed by atoms with Crippen molar-refractivity contribution in [3.63, 3.8) is 0 Å². The highest BCUT2D eigenvalue weighted by Gasteiger charge is 2.18. The van der Waals surface area contributed by atoms with Gasteiger partial charge in [0.15, 0.2) is 18.1 Å². The molecule has 2 aromatic rings. The first-order valence-corrected chi connectivity index (χ1v) is 8.27. The lowest BCUT2D eigenvalue weighted by Crippen LogP contribution is -2.15. The van der Waals surface area contributed by atoms with E-state index in [9.17, 15) is 14.4 Å². The maximum atomic E-state index is 12.4. The number of rotatable bonds is 8. The van der Waals surface area contributed by atoms with Gasteiger partial charge < -0.3 is 24.3 Å². The van der Waals surface area contributed by atoms with Crippen molar-refractivity contribution in [2.75, 3.05) is 33.3 Å².